The van der Waals surface area contributed by atoms with E-state index in [1.807, 2.05) is 30.9 Å². The number of nitrogens with zero attached hydrogens (tertiary/aromatic N) is 2. The molecule has 3 nitrogen and oxygen atoms in total. The highest BCUT2D eigenvalue weighted by Gasteiger charge is 2.09. The molecule has 1 N–H and O–H groups in total. The summed E-state index contributed by atoms with van der Waals surface area (Å²) in [4.78, 5) is 6.38. The monoisotopic (exact) mass is 279 g/mol. The third-order valence-electron chi connectivity index (χ3n) is 2.90. The number of nitrogens with one attached hydrogen (secondary N) is 1. The van der Waals surface area contributed by atoms with Crippen molar-refractivity contribution in [2.45, 2.75) is 20.0 Å². The van der Waals surface area contributed by atoms with E-state index in [0.717, 1.165) is 30.0 Å². The van der Waals surface area contributed by atoms with Crippen LogP contribution >= 0.6 is 11.3 Å². The fourth-order valence-corrected chi connectivity index (χ4v) is 2.52. The molecule has 1 aromatic carbocycles. The van der Waals surface area contributed by atoms with Gasteiger partial charge in [-0.2, -0.15) is 0 Å². The molecule has 19 heavy (non-hydrogen) atoms. The van der Waals surface area contributed by atoms with Crippen molar-refractivity contribution >= 4 is 17.0 Å². The Balaban J connectivity index is 2.17. The highest BCUT2D eigenvalue weighted by molar-refractivity contribution is 7.07. The molecule has 1 aromatic heterocycles. The van der Waals surface area contributed by atoms with Crippen LogP contribution in [-0.2, 0) is 13.1 Å². The van der Waals surface area contributed by atoms with Crippen molar-refractivity contribution in [3.05, 3.63) is 46.2 Å². The van der Waals surface area contributed by atoms with Gasteiger partial charge in [-0.1, -0.05) is 6.92 Å². The molecule has 0 radical (unpaired) electrons. The molecule has 2 rings (SSSR count). The van der Waals surface area contributed by atoms with Gasteiger partial charge in [0.2, 0.25) is 0 Å². The molecule has 5 heteroatoms. The summed E-state index contributed by atoms with van der Waals surface area (Å²) in [6, 6.07) is 4.92. The van der Waals surface area contributed by atoms with Crippen LogP contribution in [0.4, 0.5) is 10.1 Å². The van der Waals surface area contributed by atoms with Gasteiger partial charge in [-0.05, 0) is 30.3 Å². The number of anilines is 1. The first kappa shape index (κ1) is 14.0. The number of thiazole rings is 1. The predicted molar refractivity (Wildman–Crippen MR) is 78.0 cm³/mol. The standard InChI is InChI=1S/C14H18FN3S/c1-3-16-7-11-6-12(15)4-5-14(11)18(2)8-13-9-19-10-17-13/h4-6,9-10,16H,3,7-8H2,1-2H3. The molecular weight excluding hydrogens is 261 g/mol. The molecule has 0 saturated heterocycles. The van der Waals surface area contributed by atoms with Gasteiger partial charge in [0.25, 0.3) is 0 Å². The van der Waals surface area contributed by atoms with Crippen LogP contribution in [0.5, 0.6) is 0 Å². The van der Waals surface area contributed by atoms with Crippen molar-refractivity contribution in [2.24, 2.45) is 0 Å². The Labute approximate surface area is 117 Å². The lowest BCUT2D eigenvalue weighted by molar-refractivity contribution is 0.621. The Morgan fingerprint density at radius 2 is 2.26 bits per heavy atom. The maximum atomic E-state index is 13.4. The first-order chi connectivity index (χ1) is 9.20. The highest BCUT2D eigenvalue weighted by atomic mass is 32.1. The van der Waals surface area contributed by atoms with Crippen molar-refractivity contribution in [1.82, 2.24) is 10.3 Å². The summed E-state index contributed by atoms with van der Waals surface area (Å²) in [5.41, 5.74) is 4.87. The molecular formula is C14H18FN3S. The normalized spacial score (nSPS) is 10.7. The van der Waals surface area contributed by atoms with Gasteiger partial charge in [-0.3, -0.25) is 0 Å². The molecule has 0 unspecified atom stereocenters. The minimum atomic E-state index is -0.196. The van der Waals surface area contributed by atoms with E-state index in [4.69, 9.17) is 0 Å². The van der Waals surface area contributed by atoms with Crippen molar-refractivity contribution in [3.63, 3.8) is 0 Å². The predicted octanol–water partition coefficient (Wildman–Crippen LogP) is 3.03. The molecule has 1 heterocycles. The molecule has 0 bridgehead atoms. The van der Waals surface area contributed by atoms with Gasteiger partial charge >= 0.3 is 0 Å². The van der Waals surface area contributed by atoms with Gasteiger partial charge in [0.1, 0.15) is 5.82 Å². The van der Waals surface area contributed by atoms with E-state index in [2.05, 4.69) is 15.2 Å². The number of rotatable bonds is 6. The number of halogens is 1. The van der Waals surface area contributed by atoms with Gasteiger partial charge in [-0.15, -0.1) is 11.3 Å². The van der Waals surface area contributed by atoms with Gasteiger partial charge in [0.05, 0.1) is 17.7 Å². The first-order valence-corrected chi connectivity index (χ1v) is 7.22. The first-order valence-electron chi connectivity index (χ1n) is 6.28. The minimum Gasteiger partial charge on any atom is -0.368 e. The fraction of sp³-hybridized carbons (Fsp3) is 0.357. The summed E-state index contributed by atoms with van der Waals surface area (Å²) in [5.74, 6) is -0.196. The molecule has 0 amide bonds. The summed E-state index contributed by atoms with van der Waals surface area (Å²) >= 11 is 1.59. The van der Waals surface area contributed by atoms with Crippen LogP contribution in [0.25, 0.3) is 0 Å². The van der Waals surface area contributed by atoms with E-state index in [1.165, 1.54) is 6.07 Å². The summed E-state index contributed by atoms with van der Waals surface area (Å²) in [5, 5.41) is 5.27. The van der Waals surface area contributed by atoms with Gasteiger partial charge < -0.3 is 10.2 Å². The van der Waals surface area contributed by atoms with E-state index >= 15 is 0 Å². The van der Waals surface area contributed by atoms with Gasteiger partial charge in [0, 0.05) is 24.7 Å². The summed E-state index contributed by atoms with van der Waals surface area (Å²) in [7, 11) is 2.00. The van der Waals surface area contributed by atoms with E-state index in [9.17, 15) is 4.39 Å². The molecule has 0 aliphatic rings. The number of benzene rings is 1. The summed E-state index contributed by atoms with van der Waals surface area (Å²) in [6.45, 7) is 4.31. The van der Waals surface area contributed by atoms with Crippen LogP contribution in [0.15, 0.2) is 29.1 Å². The molecule has 0 aliphatic carbocycles. The Morgan fingerprint density at radius 3 is 2.95 bits per heavy atom. The quantitative estimate of drug-likeness (QED) is 0.881. The average Bonchev–Trinajstić information content (AvgIpc) is 2.89. The topological polar surface area (TPSA) is 28.2 Å². The van der Waals surface area contributed by atoms with E-state index in [-0.39, 0.29) is 5.82 Å². The number of hydrogen-bond donors (Lipinski definition) is 1. The second kappa shape index (κ2) is 6.63. The number of hydrogen-bond acceptors (Lipinski definition) is 4. The van der Waals surface area contributed by atoms with Crippen LogP contribution in [0.1, 0.15) is 18.2 Å². The van der Waals surface area contributed by atoms with E-state index in [0.29, 0.717) is 6.54 Å². The smallest absolute Gasteiger partial charge is 0.123 e. The van der Waals surface area contributed by atoms with Gasteiger partial charge in [-0.25, -0.2) is 9.37 Å². The molecule has 0 saturated carbocycles. The van der Waals surface area contributed by atoms with Crippen molar-refractivity contribution in [1.29, 1.82) is 0 Å². The molecule has 0 spiro atoms. The van der Waals surface area contributed by atoms with Gasteiger partial charge in [0.15, 0.2) is 0 Å². The minimum absolute atomic E-state index is 0.196. The highest BCUT2D eigenvalue weighted by Crippen LogP contribution is 2.22. The zero-order valence-electron chi connectivity index (χ0n) is 11.2. The zero-order valence-corrected chi connectivity index (χ0v) is 12.0. The lowest BCUT2D eigenvalue weighted by Gasteiger charge is -2.22. The summed E-state index contributed by atoms with van der Waals surface area (Å²) < 4.78 is 13.4. The van der Waals surface area contributed by atoms with Crippen LogP contribution in [0.3, 0.4) is 0 Å². The fourth-order valence-electron chi connectivity index (χ4n) is 1.97. The molecule has 0 aliphatic heterocycles. The lowest BCUT2D eigenvalue weighted by atomic mass is 10.1. The molecule has 0 atom stereocenters. The van der Waals surface area contributed by atoms with Crippen LogP contribution in [-0.4, -0.2) is 18.6 Å². The van der Waals surface area contributed by atoms with Crippen molar-refractivity contribution < 1.29 is 4.39 Å². The van der Waals surface area contributed by atoms with E-state index in [1.54, 1.807) is 17.4 Å². The molecule has 102 valence electrons. The largest absolute Gasteiger partial charge is 0.368 e. The second-order valence-electron chi connectivity index (χ2n) is 4.39. The lowest BCUT2D eigenvalue weighted by Crippen LogP contribution is -2.21. The Morgan fingerprint density at radius 1 is 1.42 bits per heavy atom. The van der Waals surface area contributed by atoms with Crippen molar-refractivity contribution in [2.75, 3.05) is 18.5 Å². The maximum Gasteiger partial charge on any atom is 0.123 e. The number of aromatic nitrogens is 1. The second-order valence-corrected chi connectivity index (χ2v) is 5.11. The zero-order chi connectivity index (χ0) is 13.7. The average molecular weight is 279 g/mol. The Kier molecular flexibility index (Phi) is 4.87. The van der Waals surface area contributed by atoms with Crippen molar-refractivity contribution in [3.8, 4) is 0 Å². The Bertz CT molecular complexity index is 513. The van der Waals surface area contributed by atoms with Crippen LogP contribution in [0, 0.1) is 5.82 Å². The third kappa shape index (κ3) is 3.75. The summed E-state index contributed by atoms with van der Waals surface area (Å²) in [6.07, 6.45) is 0. The van der Waals surface area contributed by atoms with E-state index < -0.39 is 0 Å². The SMILES string of the molecule is CCNCc1cc(F)ccc1N(C)Cc1cscn1. The molecule has 2 aromatic rings. The molecule has 0 fully saturated rings. The van der Waals surface area contributed by atoms with Crippen LogP contribution in [0.2, 0.25) is 0 Å². The van der Waals surface area contributed by atoms with Crippen LogP contribution < -0.4 is 10.2 Å². The Hall–Kier alpha value is -1.46. The maximum absolute atomic E-state index is 13.4. The third-order valence-corrected chi connectivity index (χ3v) is 3.54.